The van der Waals surface area contributed by atoms with Crippen LogP contribution in [0.5, 0.6) is 0 Å². The highest BCUT2D eigenvalue weighted by molar-refractivity contribution is 5.81. The molecule has 0 saturated carbocycles. The molecular formula is C11H9NO. The number of carbonyl (C=O) groups excluding carboxylic acids is 1. The van der Waals surface area contributed by atoms with Crippen LogP contribution in [0.3, 0.4) is 0 Å². The number of rotatable bonds is 0. The lowest BCUT2D eigenvalue weighted by Crippen LogP contribution is -2.18. The monoisotopic (exact) mass is 171 g/mol. The third-order valence-electron chi connectivity index (χ3n) is 2.18. The second-order valence-electron chi connectivity index (χ2n) is 2.94. The van der Waals surface area contributed by atoms with Gasteiger partial charge in [-0.15, -0.1) is 0 Å². The lowest BCUT2D eigenvalue weighted by molar-refractivity contribution is 0.567. The molecular weight excluding hydrogens is 162 g/mol. The Balaban J connectivity index is 2.61. The summed E-state index contributed by atoms with van der Waals surface area (Å²) < 4.78 is 0. The van der Waals surface area contributed by atoms with E-state index >= 15 is 0 Å². The van der Waals surface area contributed by atoms with Gasteiger partial charge in [0.05, 0.1) is 0 Å². The predicted molar refractivity (Wildman–Crippen MR) is 53.1 cm³/mol. The number of likely N-dealkylation sites (N-methyl/N-ethyl adjacent to an activating group) is 1. The van der Waals surface area contributed by atoms with E-state index in [1.165, 1.54) is 0 Å². The minimum Gasteiger partial charge on any atom is -0.335 e. The van der Waals surface area contributed by atoms with Crippen molar-refractivity contribution in [2.24, 2.45) is 0 Å². The van der Waals surface area contributed by atoms with E-state index in [2.05, 4.69) is 0 Å². The number of benzene rings is 1. The number of hydrogen-bond acceptors (Lipinski definition) is 2. The molecule has 1 aliphatic heterocycles. The minimum atomic E-state index is 0.568. The minimum absolute atomic E-state index is 0.568. The van der Waals surface area contributed by atoms with E-state index in [1.807, 2.05) is 48.2 Å². The van der Waals surface area contributed by atoms with Gasteiger partial charge in [0, 0.05) is 12.7 Å². The van der Waals surface area contributed by atoms with Crippen LogP contribution in [0.1, 0.15) is 5.56 Å². The highest BCUT2D eigenvalue weighted by atomic mass is 16.1. The van der Waals surface area contributed by atoms with E-state index in [0.717, 1.165) is 11.3 Å². The predicted octanol–water partition coefficient (Wildman–Crippen LogP) is 1.87. The van der Waals surface area contributed by atoms with Gasteiger partial charge in [0.1, 0.15) is 5.70 Å². The first-order valence-corrected chi connectivity index (χ1v) is 4.09. The van der Waals surface area contributed by atoms with Gasteiger partial charge in [-0.25, -0.2) is 4.79 Å². The molecule has 0 bridgehead atoms. The first-order valence-electron chi connectivity index (χ1n) is 4.09. The Morgan fingerprint density at radius 2 is 2.00 bits per heavy atom. The van der Waals surface area contributed by atoms with Crippen LogP contribution in [0, 0.1) is 0 Å². The van der Waals surface area contributed by atoms with E-state index in [4.69, 9.17) is 0 Å². The summed E-state index contributed by atoms with van der Waals surface area (Å²) >= 11 is 0. The molecule has 0 radical (unpaired) electrons. The maximum absolute atomic E-state index is 10.5. The summed E-state index contributed by atoms with van der Waals surface area (Å²) in [5, 5.41) is 0. The highest BCUT2D eigenvalue weighted by Crippen LogP contribution is 2.27. The summed E-state index contributed by atoms with van der Waals surface area (Å²) in [4.78, 5) is 12.4. The normalized spacial score (nSPS) is 13.9. The Morgan fingerprint density at radius 3 is 2.77 bits per heavy atom. The second-order valence-corrected chi connectivity index (χ2v) is 2.94. The lowest BCUT2D eigenvalue weighted by atomic mass is 10.1. The van der Waals surface area contributed by atoms with Gasteiger partial charge < -0.3 is 4.90 Å². The van der Waals surface area contributed by atoms with Crippen LogP contribution in [0.4, 0.5) is 5.69 Å². The summed E-state index contributed by atoms with van der Waals surface area (Å²) in [6, 6.07) is 7.93. The van der Waals surface area contributed by atoms with Crippen molar-refractivity contribution in [3.8, 4) is 0 Å². The van der Waals surface area contributed by atoms with Crippen LogP contribution in [-0.4, -0.2) is 13.0 Å². The fourth-order valence-corrected chi connectivity index (χ4v) is 1.45. The molecule has 0 fully saturated rings. The molecule has 2 rings (SSSR count). The molecule has 1 heterocycles. The quantitative estimate of drug-likeness (QED) is 0.555. The molecule has 2 nitrogen and oxygen atoms in total. The molecule has 0 aromatic heterocycles. The van der Waals surface area contributed by atoms with Gasteiger partial charge in [0.2, 0.25) is 0 Å². The van der Waals surface area contributed by atoms with Gasteiger partial charge in [-0.05, 0) is 17.7 Å². The highest BCUT2D eigenvalue weighted by Gasteiger charge is 2.12. The summed E-state index contributed by atoms with van der Waals surface area (Å²) in [7, 11) is 1.86. The summed E-state index contributed by atoms with van der Waals surface area (Å²) in [6.45, 7) is 0. The van der Waals surface area contributed by atoms with Crippen LogP contribution in [0.2, 0.25) is 0 Å². The molecule has 0 atom stereocenters. The van der Waals surface area contributed by atoms with Gasteiger partial charge in [-0.1, -0.05) is 24.3 Å². The molecule has 0 amide bonds. The average molecular weight is 171 g/mol. The Hall–Kier alpha value is -1.79. The maximum Gasteiger partial charge on any atom is 0.150 e. The van der Waals surface area contributed by atoms with Crippen LogP contribution in [0.15, 0.2) is 36.0 Å². The number of fused-ring (bicyclic) bond motifs is 1. The van der Waals surface area contributed by atoms with E-state index in [0.29, 0.717) is 5.70 Å². The smallest absolute Gasteiger partial charge is 0.150 e. The maximum atomic E-state index is 10.5. The third kappa shape index (κ3) is 1.17. The zero-order valence-corrected chi connectivity index (χ0v) is 7.32. The van der Waals surface area contributed by atoms with Crippen molar-refractivity contribution in [1.29, 1.82) is 0 Å². The van der Waals surface area contributed by atoms with E-state index in [9.17, 15) is 4.79 Å². The molecule has 0 unspecified atom stereocenters. The average Bonchev–Trinajstić information content (AvgIpc) is 2.19. The van der Waals surface area contributed by atoms with Crippen molar-refractivity contribution in [1.82, 2.24) is 0 Å². The zero-order valence-electron chi connectivity index (χ0n) is 7.32. The SMILES string of the molecule is CN1C(=C=O)C=Cc2ccccc21. The van der Waals surface area contributed by atoms with Crippen molar-refractivity contribution in [3.63, 3.8) is 0 Å². The molecule has 1 aliphatic rings. The molecule has 13 heavy (non-hydrogen) atoms. The van der Waals surface area contributed by atoms with E-state index in [-0.39, 0.29) is 0 Å². The molecule has 2 heteroatoms. The largest absolute Gasteiger partial charge is 0.335 e. The fourth-order valence-electron chi connectivity index (χ4n) is 1.45. The number of nitrogens with zero attached hydrogens (tertiary/aromatic N) is 1. The molecule has 0 aliphatic carbocycles. The van der Waals surface area contributed by atoms with Crippen molar-refractivity contribution in [2.45, 2.75) is 0 Å². The molecule has 1 aromatic rings. The first-order chi connectivity index (χ1) is 6.33. The summed E-state index contributed by atoms with van der Waals surface area (Å²) in [5.41, 5.74) is 2.74. The van der Waals surface area contributed by atoms with Crippen molar-refractivity contribution >= 4 is 17.7 Å². The summed E-state index contributed by atoms with van der Waals surface area (Å²) in [6.07, 6.45) is 3.70. The Kier molecular flexibility index (Phi) is 1.76. The molecule has 64 valence electrons. The van der Waals surface area contributed by atoms with E-state index < -0.39 is 0 Å². The van der Waals surface area contributed by atoms with Crippen molar-refractivity contribution in [3.05, 3.63) is 41.6 Å². The van der Waals surface area contributed by atoms with Crippen molar-refractivity contribution in [2.75, 3.05) is 11.9 Å². The summed E-state index contributed by atoms with van der Waals surface area (Å²) in [5.74, 6) is 1.90. The molecule has 0 saturated heterocycles. The topological polar surface area (TPSA) is 20.3 Å². The fraction of sp³-hybridized carbons (Fsp3) is 0.0909. The number of anilines is 1. The molecule has 0 spiro atoms. The van der Waals surface area contributed by atoms with Gasteiger partial charge in [0.15, 0.2) is 5.94 Å². The lowest BCUT2D eigenvalue weighted by Gasteiger charge is -2.23. The van der Waals surface area contributed by atoms with Gasteiger partial charge >= 0.3 is 0 Å². The zero-order chi connectivity index (χ0) is 9.26. The second kappa shape index (κ2) is 2.92. The molecule has 1 aromatic carbocycles. The van der Waals surface area contributed by atoms with Crippen LogP contribution in [-0.2, 0) is 4.79 Å². The van der Waals surface area contributed by atoms with Gasteiger partial charge in [0.25, 0.3) is 0 Å². The van der Waals surface area contributed by atoms with Gasteiger partial charge in [-0.3, -0.25) is 0 Å². The Morgan fingerprint density at radius 1 is 1.23 bits per heavy atom. The Labute approximate surface area is 76.8 Å². The molecule has 0 N–H and O–H groups in total. The third-order valence-corrected chi connectivity index (χ3v) is 2.18. The van der Waals surface area contributed by atoms with Crippen LogP contribution >= 0.6 is 0 Å². The first kappa shape index (κ1) is 7.84. The van der Waals surface area contributed by atoms with Crippen LogP contribution < -0.4 is 4.90 Å². The number of allylic oxidation sites excluding steroid dienone is 1. The Bertz CT molecular complexity index is 414. The van der Waals surface area contributed by atoms with Crippen LogP contribution in [0.25, 0.3) is 6.08 Å². The number of hydrogen-bond donors (Lipinski definition) is 0. The standard InChI is InChI=1S/C11H9NO/c1-12-10(8-13)7-6-9-4-2-3-5-11(9)12/h2-7H,1H3. The van der Waals surface area contributed by atoms with E-state index in [1.54, 1.807) is 6.08 Å². The van der Waals surface area contributed by atoms with Gasteiger partial charge in [-0.2, -0.15) is 0 Å². The number of para-hydroxylation sites is 1. The van der Waals surface area contributed by atoms with Crippen molar-refractivity contribution < 1.29 is 4.79 Å².